The van der Waals surface area contributed by atoms with Crippen LogP contribution in [0.25, 0.3) is 0 Å². The van der Waals surface area contributed by atoms with Gasteiger partial charge in [-0.25, -0.2) is 0 Å². The monoisotopic (exact) mass is 221 g/mol. The number of rotatable bonds is 2. The number of amides is 1. The van der Waals surface area contributed by atoms with E-state index in [-0.39, 0.29) is 11.7 Å². The van der Waals surface area contributed by atoms with Gasteiger partial charge in [0.2, 0.25) is 5.91 Å². The molecule has 1 heterocycles. The highest BCUT2D eigenvalue weighted by Gasteiger charge is 2.21. The van der Waals surface area contributed by atoms with Gasteiger partial charge in [-0.1, -0.05) is 11.6 Å². The maximum Gasteiger partial charge on any atom is 0.228 e. The van der Waals surface area contributed by atoms with Crippen LogP contribution in [-0.2, 0) is 11.2 Å². The summed E-state index contributed by atoms with van der Waals surface area (Å²) in [4.78, 5) is 22.6. The number of fused-ring (bicyclic) bond motifs is 1. The first-order valence-electron chi connectivity index (χ1n) is 4.77. The summed E-state index contributed by atoms with van der Waals surface area (Å²) in [6.45, 7) is 0. The van der Waals surface area contributed by atoms with E-state index >= 15 is 0 Å². The molecule has 0 spiro atoms. The van der Waals surface area contributed by atoms with Crippen LogP contribution in [0.3, 0.4) is 0 Å². The Kier molecular flexibility index (Phi) is 2.53. The van der Waals surface area contributed by atoms with Gasteiger partial charge in [0.05, 0.1) is 11.4 Å². The predicted octanol–water partition coefficient (Wildman–Crippen LogP) is 1.07. The topological polar surface area (TPSA) is 46.2 Å². The highest BCUT2D eigenvalue weighted by molar-refractivity contribution is 6.36. The summed E-state index contributed by atoms with van der Waals surface area (Å²) in [5.74, 6) is -0.0516. The molecule has 0 aliphatic carbocycles. The van der Waals surface area contributed by atoms with Crippen LogP contribution < -0.4 is 5.32 Å². The number of hydrogen-bond donors (Lipinski definition) is 1. The Morgan fingerprint density at radius 3 is 2.93 bits per heavy atom. The van der Waals surface area contributed by atoms with Gasteiger partial charge in [-0.3, -0.25) is 9.59 Å². The van der Waals surface area contributed by atoms with E-state index < -0.39 is 0 Å². The summed E-state index contributed by atoms with van der Waals surface area (Å²) < 4.78 is 0. The van der Waals surface area contributed by atoms with Crippen LogP contribution in [0.15, 0.2) is 12.1 Å². The first-order valence-corrected chi connectivity index (χ1v) is 5.15. The van der Waals surface area contributed by atoms with E-state index in [1.807, 2.05) is 0 Å². The summed E-state index contributed by atoms with van der Waals surface area (Å²) in [5.41, 5.74) is 2.08. The minimum absolute atomic E-state index is 0.00199. The maximum absolute atomic E-state index is 11.5. The van der Waals surface area contributed by atoms with Gasteiger partial charge in [-0.05, 0) is 24.0 Å². The second-order valence-corrected chi connectivity index (χ2v) is 3.90. The zero-order chi connectivity index (χ0) is 11.0. The van der Waals surface area contributed by atoms with Crippen molar-refractivity contribution in [1.29, 1.82) is 0 Å². The van der Waals surface area contributed by atoms with Gasteiger partial charge < -0.3 is 5.32 Å². The molecule has 0 saturated heterocycles. The van der Waals surface area contributed by atoms with Crippen LogP contribution in [0, 0.1) is 0 Å². The summed E-state index contributed by atoms with van der Waals surface area (Å²) >= 11 is 5.96. The van der Waals surface area contributed by atoms with Crippen LogP contribution in [0.5, 0.6) is 0 Å². The zero-order valence-corrected chi connectivity index (χ0v) is 9.02. The fourth-order valence-electron chi connectivity index (χ4n) is 1.65. The Morgan fingerprint density at radius 2 is 2.27 bits per heavy atom. The lowest BCUT2D eigenvalue weighted by atomic mass is 9.94. The average Bonchev–Trinajstić information content (AvgIpc) is 2.55. The van der Waals surface area contributed by atoms with Gasteiger partial charge in [0.15, 0.2) is 5.78 Å². The van der Waals surface area contributed by atoms with Gasteiger partial charge in [0, 0.05) is 11.3 Å². The molecule has 2 rings (SSSR count). The van der Waals surface area contributed by atoms with Crippen molar-refractivity contribution in [3.8, 4) is 0 Å². The number of carbonyl (C=O) groups is 2. The lowest BCUT2D eigenvalue weighted by molar-refractivity contribution is -0.115. The fourth-order valence-corrected chi connectivity index (χ4v) is 1.92. The van der Waals surface area contributed by atoms with E-state index in [1.54, 1.807) is 20.0 Å². The Bertz CT molecular complexity index is 459. The highest BCUT2D eigenvalue weighted by Crippen LogP contribution is 2.30. The van der Waals surface area contributed by atoms with Crippen LogP contribution in [0.1, 0.15) is 15.9 Å². The van der Waals surface area contributed by atoms with E-state index in [1.165, 1.54) is 0 Å². The second kappa shape index (κ2) is 3.70. The molecule has 0 aromatic heterocycles. The van der Waals surface area contributed by atoms with Crippen molar-refractivity contribution in [2.24, 2.45) is 0 Å². The van der Waals surface area contributed by atoms with Gasteiger partial charge in [-0.2, -0.15) is 0 Å². The molecular weight excluding hydrogens is 212 g/mol. The van der Waals surface area contributed by atoms with Crippen molar-refractivity contribution < 1.29 is 9.59 Å². The van der Waals surface area contributed by atoms with Gasteiger partial charge in [0.25, 0.3) is 0 Å². The second-order valence-electron chi connectivity index (χ2n) is 3.49. The summed E-state index contributed by atoms with van der Waals surface area (Å²) in [7, 11) is 1.79. The molecule has 1 aromatic rings. The Balaban J connectivity index is 2.48. The molecular formula is C10H9BClNO2. The molecule has 15 heavy (non-hydrogen) atoms. The molecule has 0 atom stereocenters. The lowest BCUT2D eigenvalue weighted by Gasteiger charge is -2.05. The summed E-state index contributed by atoms with van der Waals surface area (Å²) in [6, 6.07) is 3.35. The van der Waals surface area contributed by atoms with Crippen LogP contribution in [-0.4, -0.2) is 19.5 Å². The number of anilines is 1. The molecule has 0 bridgehead atoms. The Labute approximate surface area is 93.2 Å². The molecule has 5 heteroatoms. The summed E-state index contributed by atoms with van der Waals surface area (Å²) in [6.07, 6.45) is 0.746. The van der Waals surface area contributed by atoms with E-state index in [4.69, 9.17) is 11.6 Å². The molecule has 76 valence electrons. The third-order valence-electron chi connectivity index (χ3n) is 2.44. The number of nitrogens with one attached hydrogen (secondary N) is 1. The largest absolute Gasteiger partial charge is 0.325 e. The molecule has 3 nitrogen and oxygen atoms in total. The maximum atomic E-state index is 11.5. The predicted molar refractivity (Wildman–Crippen MR) is 61.5 cm³/mol. The molecule has 1 amide bonds. The Hall–Kier alpha value is -1.29. The number of ketones is 1. The van der Waals surface area contributed by atoms with Crippen molar-refractivity contribution in [3.63, 3.8) is 0 Å². The molecule has 1 N–H and O–H groups in total. The van der Waals surface area contributed by atoms with Crippen molar-refractivity contribution >= 4 is 36.8 Å². The minimum Gasteiger partial charge on any atom is -0.325 e. The molecule has 1 aliphatic heterocycles. The van der Waals surface area contributed by atoms with Gasteiger partial charge >= 0.3 is 0 Å². The van der Waals surface area contributed by atoms with Gasteiger partial charge in [0.1, 0.15) is 7.85 Å². The molecule has 0 fully saturated rings. The van der Waals surface area contributed by atoms with E-state index in [2.05, 4.69) is 5.32 Å². The molecule has 0 radical (unpaired) electrons. The smallest absolute Gasteiger partial charge is 0.228 e. The lowest BCUT2D eigenvalue weighted by Crippen LogP contribution is -2.03. The third-order valence-corrected chi connectivity index (χ3v) is 2.75. The average molecular weight is 221 g/mol. The van der Waals surface area contributed by atoms with Crippen LogP contribution in [0.2, 0.25) is 11.3 Å². The number of Topliss-reactive ketones (excluding diaryl/α,β-unsaturated/α-hetero) is 1. The Morgan fingerprint density at radius 1 is 1.53 bits per heavy atom. The fraction of sp³-hybridized carbons (Fsp3) is 0.200. The molecule has 0 saturated carbocycles. The first kappa shape index (κ1) is 10.2. The van der Waals surface area contributed by atoms with Crippen molar-refractivity contribution in [1.82, 2.24) is 0 Å². The first-order chi connectivity index (χ1) is 7.11. The number of benzene rings is 1. The normalized spacial score (nSPS) is 13.5. The summed E-state index contributed by atoms with van der Waals surface area (Å²) in [5, 5.41) is 3.09. The molecule has 1 aromatic carbocycles. The van der Waals surface area contributed by atoms with Crippen molar-refractivity contribution in [2.45, 2.75) is 12.7 Å². The number of hydrogen-bond acceptors (Lipinski definition) is 2. The quantitative estimate of drug-likeness (QED) is 0.600. The molecule has 0 unspecified atom stereocenters. The van der Waals surface area contributed by atoms with Crippen LogP contribution in [0.4, 0.5) is 5.69 Å². The SMILES string of the molecule is BCC(=O)c1cc2c(cc1Cl)NC(=O)C2. The van der Waals surface area contributed by atoms with E-state index in [0.29, 0.717) is 23.3 Å². The highest BCUT2D eigenvalue weighted by atomic mass is 35.5. The molecule has 1 aliphatic rings. The number of carbonyl (C=O) groups excluding carboxylic acids is 2. The van der Waals surface area contributed by atoms with Gasteiger partial charge in [-0.15, -0.1) is 0 Å². The van der Waals surface area contributed by atoms with E-state index in [0.717, 1.165) is 11.3 Å². The van der Waals surface area contributed by atoms with Crippen molar-refractivity contribution in [3.05, 3.63) is 28.3 Å². The third kappa shape index (κ3) is 1.77. The number of halogens is 1. The standard InChI is InChI=1S/C10H9BClNO2/c11-4-9(14)6-1-5-2-10(15)13-8(5)3-7(6)12/h1,3H,2,4,11H2,(H,13,15). The van der Waals surface area contributed by atoms with Crippen molar-refractivity contribution in [2.75, 3.05) is 5.32 Å². The van der Waals surface area contributed by atoms with Crippen LogP contribution >= 0.6 is 11.6 Å². The zero-order valence-electron chi connectivity index (χ0n) is 8.26. The minimum atomic E-state index is -0.0536. The van der Waals surface area contributed by atoms with E-state index in [9.17, 15) is 9.59 Å².